The second kappa shape index (κ2) is 8.33. The van der Waals surface area contributed by atoms with Crippen molar-refractivity contribution in [1.29, 1.82) is 0 Å². The molecule has 1 aliphatic carbocycles. The van der Waals surface area contributed by atoms with E-state index in [1.165, 1.54) is 24.6 Å². The molecule has 1 aliphatic rings. The number of hydrogen-bond acceptors (Lipinski definition) is 6. The summed E-state index contributed by atoms with van der Waals surface area (Å²) in [6.07, 6.45) is 4.53. The number of benzene rings is 1. The maximum absolute atomic E-state index is 12.4. The van der Waals surface area contributed by atoms with Crippen molar-refractivity contribution in [2.75, 3.05) is 6.61 Å². The Labute approximate surface area is 151 Å². The van der Waals surface area contributed by atoms with Crippen molar-refractivity contribution in [1.82, 2.24) is 25.5 Å². The van der Waals surface area contributed by atoms with Gasteiger partial charge in [-0.1, -0.05) is 36.7 Å². The van der Waals surface area contributed by atoms with Crippen molar-refractivity contribution >= 4 is 17.7 Å². The van der Waals surface area contributed by atoms with Crippen LogP contribution in [0.15, 0.2) is 29.4 Å². The van der Waals surface area contributed by atoms with Crippen LogP contribution >= 0.6 is 11.8 Å². The summed E-state index contributed by atoms with van der Waals surface area (Å²) in [5, 5.41) is 15.3. The zero-order valence-corrected chi connectivity index (χ0v) is 15.3. The number of nitrogens with zero attached hydrogens (tertiary/aromatic N) is 4. The van der Waals surface area contributed by atoms with Gasteiger partial charge in [0.05, 0.1) is 11.9 Å². The van der Waals surface area contributed by atoms with Crippen LogP contribution in [0.2, 0.25) is 0 Å². The van der Waals surface area contributed by atoms with E-state index in [9.17, 15) is 4.79 Å². The number of thioether (sulfide) groups is 1. The minimum absolute atomic E-state index is 0.0320. The monoisotopic (exact) mass is 361 g/mol. The smallest absolute Gasteiger partial charge is 0.233 e. The Morgan fingerprint density at radius 1 is 1.40 bits per heavy atom. The summed E-state index contributed by atoms with van der Waals surface area (Å²) in [5.41, 5.74) is 0.764. The molecule has 7 nitrogen and oxygen atoms in total. The molecule has 1 heterocycles. The average Bonchev–Trinajstić information content (AvgIpc) is 3.27. The first-order valence-corrected chi connectivity index (χ1v) is 9.54. The molecule has 1 fully saturated rings. The highest BCUT2D eigenvalue weighted by atomic mass is 32.2. The van der Waals surface area contributed by atoms with Crippen molar-refractivity contribution in [2.45, 2.75) is 56.0 Å². The van der Waals surface area contributed by atoms with Gasteiger partial charge in [0.1, 0.15) is 11.4 Å². The molecular weight excluding hydrogens is 338 g/mol. The van der Waals surface area contributed by atoms with Crippen molar-refractivity contribution in [3.05, 3.63) is 24.3 Å². The zero-order valence-electron chi connectivity index (χ0n) is 14.5. The predicted molar refractivity (Wildman–Crippen MR) is 96.0 cm³/mol. The third-order valence-electron chi connectivity index (χ3n) is 4.19. The molecule has 0 aliphatic heterocycles. The molecule has 1 aromatic heterocycles. The number of rotatable bonds is 7. The summed E-state index contributed by atoms with van der Waals surface area (Å²) in [5.74, 6) is 0.742. The first-order chi connectivity index (χ1) is 12.2. The third kappa shape index (κ3) is 4.31. The highest BCUT2D eigenvalue weighted by Gasteiger charge is 2.24. The number of para-hydroxylation sites is 2. The van der Waals surface area contributed by atoms with Crippen molar-refractivity contribution in [3.63, 3.8) is 0 Å². The largest absolute Gasteiger partial charge is 0.492 e. The van der Waals surface area contributed by atoms with E-state index in [2.05, 4.69) is 20.8 Å². The number of aromatic nitrogens is 4. The Morgan fingerprint density at radius 2 is 2.16 bits per heavy atom. The normalized spacial score (nSPS) is 15.9. The van der Waals surface area contributed by atoms with Gasteiger partial charge < -0.3 is 10.1 Å². The Balaban J connectivity index is 1.72. The van der Waals surface area contributed by atoms with E-state index in [4.69, 9.17) is 4.74 Å². The summed E-state index contributed by atoms with van der Waals surface area (Å²) in [6, 6.07) is 7.90. The van der Waals surface area contributed by atoms with Gasteiger partial charge in [0.2, 0.25) is 11.1 Å². The molecule has 1 saturated carbocycles. The first kappa shape index (κ1) is 17.7. The lowest BCUT2D eigenvalue weighted by Crippen LogP contribution is -2.37. The molecule has 1 N–H and O–H groups in total. The number of amides is 1. The Kier molecular flexibility index (Phi) is 5.91. The highest BCUT2D eigenvalue weighted by Crippen LogP contribution is 2.28. The van der Waals surface area contributed by atoms with Gasteiger partial charge in [0, 0.05) is 6.04 Å². The molecule has 134 valence electrons. The van der Waals surface area contributed by atoms with E-state index in [0.29, 0.717) is 23.6 Å². The fourth-order valence-electron chi connectivity index (χ4n) is 2.91. The van der Waals surface area contributed by atoms with Crippen LogP contribution in [0.3, 0.4) is 0 Å². The van der Waals surface area contributed by atoms with E-state index in [-0.39, 0.29) is 11.2 Å². The summed E-state index contributed by atoms with van der Waals surface area (Å²) < 4.78 is 7.27. The minimum Gasteiger partial charge on any atom is -0.492 e. The van der Waals surface area contributed by atoms with Gasteiger partial charge in [0.15, 0.2) is 0 Å². The maximum atomic E-state index is 12.4. The molecule has 0 radical (unpaired) electrons. The number of ether oxygens (including phenoxy) is 1. The molecule has 1 atom stereocenters. The molecular formula is C17H23N5O2S. The van der Waals surface area contributed by atoms with Gasteiger partial charge in [-0.3, -0.25) is 4.79 Å². The van der Waals surface area contributed by atoms with Crippen LogP contribution in [0, 0.1) is 0 Å². The van der Waals surface area contributed by atoms with Crippen LogP contribution in [0.25, 0.3) is 5.69 Å². The summed E-state index contributed by atoms with van der Waals surface area (Å²) in [4.78, 5) is 12.4. The van der Waals surface area contributed by atoms with Crippen molar-refractivity contribution < 1.29 is 9.53 Å². The first-order valence-electron chi connectivity index (χ1n) is 8.66. The number of hydrogen-bond donors (Lipinski definition) is 1. The molecule has 0 bridgehead atoms. The maximum Gasteiger partial charge on any atom is 0.233 e. The Hall–Kier alpha value is -2.09. The minimum atomic E-state index is -0.274. The number of carbonyl (C=O) groups excluding carboxylic acids is 1. The second-order valence-corrected chi connectivity index (χ2v) is 7.33. The van der Waals surface area contributed by atoms with Gasteiger partial charge in [-0.25, -0.2) is 0 Å². The van der Waals surface area contributed by atoms with E-state index < -0.39 is 0 Å². The molecule has 0 saturated heterocycles. The van der Waals surface area contributed by atoms with Gasteiger partial charge >= 0.3 is 0 Å². The molecule has 1 aromatic carbocycles. The summed E-state index contributed by atoms with van der Waals surface area (Å²) >= 11 is 1.35. The van der Waals surface area contributed by atoms with Crippen molar-refractivity contribution in [3.8, 4) is 11.4 Å². The fourth-order valence-corrected chi connectivity index (χ4v) is 3.72. The van der Waals surface area contributed by atoms with Crippen LogP contribution in [0.5, 0.6) is 5.75 Å². The van der Waals surface area contributed by atoms with Gasteiger partial charge in [-0.2, -0.15) is 4.68 Å². The van der Waals surface area contributed by atoms with E-state index in [0.717, 1.165) is 18.5 Å². The van der Waals surface area contributed by atoms with Gasteiger partial charge in [0.25, 0.3) is 0 Å². The molecule has 2 aromatic rings. The molecule has 8 heteroatoms. The highest BCUT2D eigenvalue weighted by molar-refractivity contribution is 8.00. The second-order valence-electron chi connectivity index (χ2n) is 6.02. The Morgan fingerprint density at radius 3 is 2.92 bits per heavy atom. The Bertz CT molecular complexity index is 715. The topological polar surface area (TPSA) is 81.9 Å². The number of tetrazole rings is 1. The lowest BCUT2D eigenvalue weighted by molar-refractivity contribution is -0.120. The average molecular weight is 361 g/mol. The third-order valence-corrected chi connectivity index (χ3v) is 5.22. The molecule has 3 rings (SSSR count). The number of nitrogens with one attached hydrogen (secondary N) is 1. The standard InChI is InChI=1S/C17H23N5O2S/c1-3-24-15-11-7-6-10-14(15)22-17(19-20-21-22)25-12(2)16(23)18-13-8-4-5-9-13/h6-7,10-13H,3-5,8-9H2,1-2H3,(H,18,23). The summed E-state index contributed by atoms with van der Waals surface area (Å²) in [6.45, 7) is 4.37. The number of carbonyl (C=O) groups is 1. The molecule has 25 heavy (non-hydrogen) atoms. The van der Waals surface area contributed by atoms with E-state index >= 15 is 0 Å². The van der Waals surface area contributed by atoms with Crippen LogP contribution in [0.1, 0.15) is 39.5 Å². The van der Waals surface area contributed by atoms with E-state index in [1.54, 1.807) is 4.68 Å². The lowest BCUT2D eigenvalue weighted by atomic mass is 10.2. The lowest BCUT2D eigenvalue weighted by Gasteiger charge is -2.16. The molecule has 0 spiro atoms. The van der Waals surface area contributed by atoms with Crippen molar-refractivity contribution in [2.24, 2.45) is 0 Å². The predicted octanol–water partition coefficient (Wildman–Crippen LogP) is 2.60. The van der Waals surface area contributed by atoms with E-state index in [1.807, 2.05) is 38.1 Å². The van der Waals surface area contributed by atoms with Crippen LogP contribution < -0.4 is 10.1 Å². The van der Waals surface area contributed by atoms with Crippen LogP contribution in [-0.4, -0.2) is 44.0 Å². The SMILES string of the molecule is CCOc1ccccc1-n1nnnc1SC(C)C(=O)NC1CCCC1. The fraction of sp³-hybridized carbons (Fsp3) is 0.529. The zero-order chi connectivity index (χ0) is 17.6. The van der Waals surface area contributed by atoms with Crippen LogP contribution in [-0.2, 0) is 4.79 Å². The molecule has 1 amide bonds. The van der Waals surface area contributed by atoms with Gasteiger partial charge in [-0.15, -0.1) is 5.10 Å². The van der Waals surface area contributed by atoms with Gasteiger partial charge in [-0.05, 0) is 49.2 Å². The molecule has 1 unspecified atom stereocenters. The quantitative estimate of drug-likeness (QED) is 0.764. The summed E-state index contributed by atoms with van der Waals surface area (Å²) in [7, 11) is 0. The van der Waals surface area contributed by atoms with Crippen LogP contribution in [0.4, 0.5) is 0 Å².